The molecule has 3 N–H and O–H groups in total. The van der Waals surface area contributed by atoms with E-state index in [1.807, 2.05) is 11.0 Å². The molecule has 1 fully saturated rings. The van der Waals surface area contributed by atoms with Gasteiger partial charge in [0, 0.05) is 37.4 Å². The Kier molecular flexibility index (Phi) is 5.14. The number of nitrogens with one attached hydrogen (secondary N) is 1. The molecule has 0 aliphatic carbocycles. The molecule has 0 saturated carbocycles. The first-order chi connectivity index (χ1) is 10.0. The van der Waals surface area contributed by atoms with E-state index in [2.05, 4.69) is 36.1 Å². The van der Waals surface area contributed by atoms with Gasteiger partial charge in [-0.15, -0.1) is 0 Å². The number of aromatic nitrogens is 1. The molecule has 0 aromatic carbocycles. The number of rotatable bonds is 4. The fraction of sp³-hybridized carbons (Fsp3) is 0.600. The van der Waals surface area contributed by atoms with Crippen molar-refractivity contribution in [2.45, 2.75) is 26.7 Å². The summed E-state index contributed by atoms with van der Waals surface area (Å²) in [6, 6.07) is 3.60. The fourth-order valence-electron chi connectivity index (χ4n) is 2.49. The van der Waals surface area contributed by atoms with Crippen LogP contribution in [0.1, 0.15) is 42.7 Å². The number of hydrogen-bond acceptors (Lipinski definition) is 5. The van der Waals surface area contributed by atoms with Crippen LogP contribution in [0, 0.1) is 0 Å². The molecule has 1 aliphatic rings. The fourth-order valence-corrected chi connectivity index (χ4v) is 2.49. The lowest BCUT2D eigenvalue weighted by atomic mass is 10.1. The molecular weight excluding hydrogens is 266 g/mol. The monoisotopic (exact) mass is 291 g/mol. The summed E-state index contributed by atoms with van der Waals surface area (Å²) in [5.41, 5.74) is 4.08. The summed E-state index contributed by atoms with van der Waals surface area (Å²) in [7, 11) is 0. The van der Waals surface area contributed by atoms with Crippen LogP contribution in [0.25, 0.3) is 0 Å². The van der Waals surface area contributed by atoms with Crippen LogP contribution < -0.4 is 11.3 Å². The number of piperazine rings is 1. The van der Waals surface area contributed by atoms with Crippen LogP contribution in [-0.2, 0) is 0 Å². The quantitative estimate of drug-likeness (QED) is 0.645. The highest BCUT2D eigenvalue weighted by atomic mass is 16.2. The zero-order valence-electron chi connectivity index (χ0n) is 13.1. The van der Waals surface area contributed by atoms with Crippen molar-refractivity contribution in [2.24, 2.45) is 5.84 Å². The third-order valence-electron chi connectivity index (χ3n) is 3.94. The number of nitrogen functional groups attached to an aromatic ring is 1. The molecule has 6 nitrogen and oxygen atoms in total. The zero-order chi connectivity index (χ0) is 15.4. The second kappa shape index (κ2) is 6.87. The molecule has 0 bridgehead atoms. The number of likely N-dealkylation sites (N-methyl/N-ethyl adjacent to an activating group) is 1. The van der Waals surface area contributed by atoms with Crippen LogP contribution >= 0.6 is 0 Å². The van der Waals surface area contributed by atoms with Crippen LogP contribution in [0.2, 0.25) is 0 Å². The predicted molar refractivity (Wildman–Crippen MR) is 84.2 cm³/mol. The predicted octanol–water partition coefficient (Wildman–Crippen LogP) is 1.27. The van der Waals surface area contributed by atoms with Gasteiger partial charge in [-0.1, -0.05) is 20.8 Å². The molecule has 0 spiro atoms. The lowest BCUT2D eigenvalue weighted by Gasteiger charge is -2.34. The summed E-state index contributed by atoms with van der Waals surface area (Å²) in [5.74, 6) is 6.31. The van der Waals surface area contributed by atoms with Crippen molar-refractivity contribution in [1.29, 1.82) is 0 Å². The highest BCUT2D eigenvalue weighted by Crippen LogP contribution is 2.19. The van der Waals surface area contributed by atoms with Crippen LogP contribution in [0.15, 0.2) is 12.1 Å². The van der Waals surface area contributed by atoms with Gasteiger partial charge in [-0.05, 0) is 24.6 Å². The molecule has 1 amide bonds. The topological polar surface area (TPSA) is 74.5 Å². The molecule has 6 heteroatoms. The van der Waals surface area contributed by atoms with Gasteiger partial charge in [0.25, 0.3) is 5.91 Å². The second-order valence-electron chi connectivity index (χ2n) is 5.69. The first kappa shape index (κ1) is 15.7. The normalized spacial score (nSPS) is 16.3. The minimum absolute atomic E-state index is 0.0616. The Morgan fingerprint density at radius 1 is 1.33 bits per heavy atom. The Morgan fingerprint density at radius 2 is 2.00 bits per heavy atom. The molecule has 0 radical (unpaired) electrons. The SMILES string of the molecule is CCN1CCN(C(=O)c2cc(NN)nc(C(C)C)c2)CC1. The lowest BCUT2D eigenvalue weighted by Crippen LogP contribution is -2.48. The standard InChI is InChI=1S/C15H25N5O/c1-4-19-5-7-20(8-6-19)15(21)12-9-13(11(2)3)17-14(10-12)18-16/h9-11H,4-8,16H2,1-3H3,(H,17,18). The molecule has 2 rings (SSSR count). The number of carbonyl (C=O) groups is 1. The number of amides is 1. The van der Waals surface area contributed by atoms with E-state index in [0.29, 0.717) is 11.4 Å². The third kappa shape index (κ3) is 3.71. The molecule has 1 aromatic rings. The highest BCUT2D eigenvalue weighted by molar-refractivity contribution is 5.95. The van der Waals surface area contributed by atoms with Crippen LogP contribution in [0.5, 0.6) is 0 Å². The van der Waals surface area contributed by atoms with Crippen LogP contribution in [-0.4, -0.2) is 53.4 Å². The number of anilines is 1. The van der Waals surface area contributed by atoms with Gasteiger partial charge in [0.05, 0.1) is 0 Å². The molecule has 1 aromatic heterocycles. The Hall–Kier alpha value is -1.66. The van der Waals surface area contributed by atoms with E-state index >= 15 is 0 Å². The smallest absolute Gasteiger partial charge is 0.254 e. The summed E-state index contributed by atoms with van der Waals surface area (Å²) in [5, 5.41) is 0. The number of carbonyl (C=O) groups excluding carboxylic acids is 1. The minimum atomic E-state index is 0.0616. The Balaban J connectivity index is 2.17. The van der Waals surface area contributed by atoms with Crippen molar-refractivity contribution >= 4 is 11.7 Å². The van der Waals surface area contributed by atoms with E-state index in [1.54, 1.807) is 6.07 Å². The summed E-state index contributed by atoms with van der Waals surface area (Å²) >= 11 is 0. The average Bonchev–Trinajstić information content (AvgIpc) is 2.53. The van der Waals surface area contributed by atoms with Gasteiger partial charge in [0.1, 0.15) is 5.82 Å². The molecule has 21 heavy (non-hydrogen) atoms. The summed E-state index contributed by atoms with van der Waals surface area (Å²) in [6.45, 7) is 10.7. The summed E-state index contributed by atoms with van der Waals surface area (Å²) < 4.78 is 0. The van der Waals surface area contributed by atoms with Gasteiger partial charge in [0.2, 0.25) is 0 Å². The maximum atomic E-state index is 12.6. The van der Waals surface area contributed by atoms with Gasteiger partial charge >= 0.3 is 0 Å². The van der Waals surface area contributed by atoms with Gasteiger partial charge in [-0.25, -0.2) is 10.8 Å². The van der Waals surface area contributed by atoms with Crippen molar-refractivity contribution in [1.82, 2.24) is 14.8 Å². The summed E-state index contributed by atoms with van der Waals surface area (Å²) in [6.07, 6.45) is 0. The number of nitrogens with two attached hydrogens (primary N) is 1. The lowest BCUT2D eigenvalue weighted by molar-refractivity contribution is 0.0643. The highest BCUT2D eigenvalue weighted by Gasteiger charge is 2.22. The van der Waals surface area contributed by atoms with Crippen molar-refractivity contribution in [3.63, 3.8) is 0 Å². The first-order valence-electron chi connectivity index (χ1n) is 7.55. The molecular formula is C15H25N5O. The van der Waals surface area contributed by atoms with Crippen molar-refractivity contribution in [2.75, 3.05) is 38.1 Å². The van der Waals surface area contributed by atoms with E-state index in [4.69, 9.17) is 5.84 Å². The van der Waals surface area contributed by atoms with Crippen molar-refractivity contribution in [3.05, 3.63) is 23.4 Å². The Labute approximate surface area is 126 Å². The number of pyridine rings is 1. The van der Waals surface area contributed by atoms with Crippen molar-refractivity contribution in [3.8, 4) is 0 Å². The first-order valence-corrected chi connectivity index (χ1v) is 7.55. The molecule has 0 atom stereocenters. The number of nitrogens with zero attached hydrogens (tertiary/aromatic N) is 3. The maximum absolute atomic E-state index is 12.6. The van der Waals surface area contributed by atoms with Gasteiger partial charge in [0.15, 0.2) is 0 Å². The van der Waals surface area contributed by atoms with Crippen LogP contribution in [0.4, 0.5) is 5.82 Å². The van der Waals surface area contributed by atoms with E-state index in [9.17, 15) is 4.79 Å². The van der Waals surface area contributed by atoms with Gasteiger partial charge in [-0.2, -0.15) is 0 Å². The molecule has 1 saturated heterocycles. The van der Waals surface area contributed by atoms with Gasteiger partial charge in [-0.3, -0.25) is 4.79 Å². The largest absolute Gasteiger partial charge is 0.336 e. The molecule has 2 heterocycles. The van der Waals surface area contributed by atoms with E-state index in [-0.39, 0.29) is 11.8 Å². The average molecular weight is 291 g/mol. The minimum Gasteiger partial charge on any atom is -0.336 e. The number of hydrogen-bond donors (Lipinski definition) is 2. The molecule has 1 aliphatic heterocycles. The second-order valence-corrected chi connectivity index (χ2v) is 5.69. The number of hydrazine groups is 1. The Morgan fingerprint density at radius 3 is 2.52 bits per heavy atom. The van der Waals surface area contributed by atoms with E-state index < -0.39 is 0 Å². The maximum Gasteiger partial charge on any atom is 0.254 e. The van der Waals surface area contributed by atoms with Crippen molar-refractivity contribution < 1.29 is 4.79 Å². The summed E-state index contributed by atoms with van der Waals surface area (Å²) in [4.78, 5) is 21.3. The zero-order valence-corrected chi connectivity index (χ0v) is 13.1. The van der Waals surface area contributed by atoms with Crippen LogP contribution in [0.3, 0.4) is 0 Å². The molecule has 116 valence electrons. The van der Waals surface area contributed by atoms with E-state index in [0.717, 1.165) is 38.4 Å². The third-order valence-corrected chi connectivity index (χ3v) is 3.94. The molecule has 0 unspecified atom stereocenters. The Bertz CT molecular complexity index is 495. The van der Waals surface area contributed by atoms with E-state index in [1.165, 1.54) is 0 Å². The van der Waals surface area contributed by atoms with Gasteiger partial charge < -0.3 is 15.2 Å².